The Kier molecular flexibility index (Phi) is 8.99. The second kappa shape index (κ2) is 11.5. The van der Waals surface area contributed by atoms with Crippen molar-refractivity contribution in [2.75, 3.05) is 23.8 Å². The van der Waals surface area contributed by atoms with Crippen LogP contribution >= 0.6 is 11.6 Å². The zero-order valence-corrected chi connectivity index (χ0v) is 16.9. The van der Waals surface area contributed by atoms with Crippen LogP contribution in [0.1, 0.15) is 44.6 Å². The van der Waals surface area contributed by atoms with Crippen LogP contribution in [-0.4, -0.2) is 19.1 Å². The van der Waals surface area contributed by atoms with E-state index in [1.165, 1.54) is 25.7 Å². The van der Waals surface area contributed by atoms with Gasteiger partial charge in [-0.05, 0) is 43.2 Å². The van der Waals surface area contributed by atoms with E-state index in [4.69, 9.17) is 16.3 Å². The van der Waals surface area contributed by atoms with Crippen molar-refractivity contribution in [2.45, 2.75) is 46.0 Å². The Morgan fingerprint density at radius 1 is 1.07 bits per heavy atom. The lowest BCUT2D eigenvalue weighted by Crippen LogP contribution is -2.22. The predicted molar refractivity (Wildman–Crippen MR) is 114 cm³/mol. The van der Waals surface area contributed by atoms with Crippen molar-refractivity contribution in [1.82, 2.24) is 0 Å². The fourth-order valence-electron chi connectivity index (χ4n) is 2.72. The highest BCUT2D eigenvalue weighted by molar-refractivity contribution is 6.30. The molecule has 4 nitrogen and oxygen atoms in total. The second-order valence-corrected chi connectivity index (χ2v) is 7.09. The molecule has 0 atom stereocenters. The van der Waals surface area contributed by atoms with Crippen LogP contribution in [0.25, 0.3) is 0 Å². The summed E-state index contributed by atoms with van der Waals surface area (Å²) in [5.74, 6) is 0.660. The number of hydrogen-bond acceptors (Lipinski definition) is 3. The number of carbonyl (C=O) groups excluding carboxylic acids is 1. The highest BCUT2D eigenvalue weighted by atomic mass is 35.5. The van der Waals surface area contributed by atoms with Gasteiger partial charge in [-0.2, -0.15) is 0 Å². The van der Waals surface area contributed by atoms with E-state index < -0.39 is 0 Å². The molecule has 2 aromatic carbocycles. The van der Waals surface area contributed by atoms with Crippen molar-refractivity contribution in [3.8, 4) is 5.75 Å². The lowest BCUT2D eigenvalue weighted by atomic mass is 10.2. The summed E-state index contributed by atoms with van der Waals surface area (Å²) >= 11 is 6.00. The number of anilines is 2. The molecule has 0 aromatic heterocycles. The molecular weight excluding hydrogens is 360 g/mol. The van der Waals surface area contributed by atoms with Crippen LogP contribution in [0.4, 0.5) is 11.4 Å². The van der Waals surface area contributed by atoms with Gasteiger partial charge in [-0.3, -0.25) is 4.79 Å². The van der Waals surface area contributed by atoms with E-state index in [1.54, 1.807) is 0 Å². The maximum Gasteiger partial charge on any atom is 0.243 e. The first-order chi connectivity index (χ1) is 13.1. The van der Waals surface area contributed by atoms with Crippen LogP contribution in [0, 0.1) is 6.92 Å². The molecule has 2 aromatic rings. The van der Waals surface area contributed by atoms with E-state index in [0.29, 0.717) is 11.6 Å². The first-order valence-corrected chi connectivity index (χ1v) is 9.99. The van der Waals surface area contributed by atoms with Crippen molar-refractivity contribution >= 4 is 28.9 Å². The lowest BCUT2D eigenvalue weighted by molar-refractivity contribution is -0.114. The summed E-state index contributed by atoms with van der Waals surface area (Å²) < 4.78 is 5.79. The molecule has 5 heteroatoms. The molecule has 0 unspecified atom stereocenters. The minimum absolute atomic E-state index is 0.119. The van der Waals surface area contributed by atoms with Crippen LogP contribution in [0.3, 0.4) is 0 Å². The Balaban J connectivity index is 1.77. The van der Waals surface area contributed by atoms with E-state index >= 15 is 0 Å². The third kappa shape index (κ3) is 7.92. The highest BCUT2D eigenvalue weighted by Crippen LogP contribution is 2.20. The quantitative estimate of drug-likeness (QED) is 0.461. The van der Waals surface area contributed by atoms with Crippen molar-refractivity contribution in [1.29, 1.82) is 0 Å². The van der Waals surface area contributed by atoms with Crippen LogP contribution in [0.5, 0.6) is 5.75 Å². The smallest absolute Gasteiger partial charge is 0.243 e. The molecule has 0 aliphatic carbocycles. The average Bonchev–Trinajstić information content (AvgIpc) is 2.65. The Morgan fingerprint density at radius 3 is 2.70 bits per heavy atom. The number of halogens is 1. The largest absolute Gasteiger partial charge is 0.494 e. The normalized spacial score (nSPS) is 10.5. The molecule has 0 bridgehead atoms. The van der Waals surface area contributed by atoms with E-state index in [1.807, 2.05) is 49.4 Å². The molecule has 2 N–H and O–H groups in total. The van der Waals surface area contributed by atoms with E-state index in [0.717, 1.165) is 29.1 Å². The number of rotatable bonds is 11. The number of amides is 1. The first kappa shape index (κ1) is 21.1. The van der Waals surface area contributed by atoms with Gasteiger partial charge in [0.05, 0.1) is 13.2 Å². The maximum absolute atomic E-state index is 12.2. The standard InChI is InChI=1S/C22H29ClN2O2/c1-3-4-5-6-7-13-27-20-10-8-9-19(15-20)25-22(26)16-24-21-14-18(23)12-11-17(21)2/h8-12,14-15,24H,3-7,13,16H2,1-2H3,(H,25,26). The van der Waals surface area contributed by atoms with Crippen LogP contribution in [0.2, 0.25) is 5.02 Å². The van der Waals surface area contributed by atoms with E-state index in [2.05, 4.69) is 17.6 Å². The monoisotopic (exact) mass is 388 g/mol. The average molecular weight is 389 g/mol. The molecule has 0 fully saturated rings. The SMILES string of the molecule is CCCCCCCOc1cccc(NC(=O)CNc2cc(Cl)ccc2C)c1. The number of ether oxygens (including phenoxy) is 1. The van der Waals surface area contributed by atoms with Gasteiger partial charge in [0.1, 0.15) is 5.75 Å². The second-order valence-electron chi connectivity index (χ2n) is 6.65. The van der Waals surface area contributed by atoms with Gasteiger partial charge in [0.2, 0.25) is 5.91 Å². The summed E-state index contributed by atoms with van der Waals surface area (Å²) in [5.41, 5.74) is 2.63. The van der Waals surface area contributed by atoms with Crippen molar-refractivity contribution in [2.24, 2.45) is 0 Å². The summed E-state index contributed by atoms with van der Waals surface area (Å²) in [5, 5.41) is 6.65. The number of aryl methyl sites for hydroxylation is 1. The van der Waals surface area contributed by atoms with Gasteiger partial charge in [-0.25, -0.2) is 0 Å². The van der Waals surface area contributed by atoms with Gasteiger partial charge in [0, 0.05) is 22.5 Å². The van der Waals surface area contributed by atoms with E-state index in [9.17, 15) is 4.79 Å². The molecule has 0 saturated heterocycles. The molecule has 0 saturated carbocycles. The maximum atomic E-state index is 12.2. The van der Waals surface area contributed by atoms with Gasteiger partial charge in [-0.1, -0.05) is 56.3 Å². The Labute approximate surface area is 167 Å². The molecule has 0 radical (unpaired) electrons. The van der Waals surface area contributed by atoms with Gasteiger partial charge in [0.15, 0.2) is 0 Å². The molecule has 2 rings (SSSR count). The van der Waals surface area contributed by atoms with Gasteiger partial charge >= 0.3 is 0 Å². The zero-order chi connectivity index (χ0) is 19.5. The van der Waals surface area contributed by atoms with E-state index in [-0.39, 0.29) is 12.5 Å². The fourth-order valence-corrected chi connectivity index (χ4v) is 2.90. The van der Waals surface area contributed by atoms with Crippen LogP contribution in [-0.2, 0) is 4.79 Å². The summed E-state index contributed by atoms with van der Waals surface area (Å²) in [6.07, 6.45) is 6.03. The molecule has 0 spiro atoms. The van der Waals surface area contributed by atoms with Crippen molar-refractivity contribution in [3.63, 3.8) is 0 Å². The highest BCUT2D eigenvalue weighted by Gasteiger charge is 2.05. The molecule has 0 aliphatic heterocycles. The van der Waals surface area contributed by atoms with Crippen molar-refractivity contribution < 1.29 is 9.53 Å². The number of benzene rings is 2. The molecular formula is C22H29ClN2O2. The van der Waals surface area contributed by atoms with Gasteiger partial charge in [-0.15, -0.1) is 0 Å². The third-order valence-corrected chi connectivity index (χ3v) is 4.51. The summed E-state index contributed by atoms with van der Waals surface area (Å²) in [6, 6.07) is 13.1. The topological polar surface area (TPSA) is 50.4 Å². The molecule has 1 amide bonds. The number of carbonyl (C=O) groups is 1. The minimum atomic E-state index is -0.119. The van der Waals surface area contributed by atoms with Crippen LogP contribution < -0.4 is 15.4 Å². The minimum Gasteiger partial charge on any atom is -0.494 e. The number of nitrogens with one attached hydrogen (secondary N) is 2. The Hall–Kier alpha value is -2.20. The zero-order valence-electron chi connectivity index (χ0n) is 16.2. The van der Waals surface area contributed by atoms with Gasteiger partial charge in [0.25, 0.3) is 0 Å². The van der Waals surface area contributed by atoms with Crippen LogP contribution in [0.15, 0.2) is 42.5 Å². The summed E-state index contributed by atoms with van der Waals surface area (Å²) in [7, 11) is 0. The lowest BCUT2D eigenvalue weighted by Gasteiger charge is -2.11. The molecule has 146 valence electrons. The number of unbranched alkanes of at least 4 members (excludes halogenated alkanes) is 4. The summed E-state index contributed by atoms with van der Waals surface area (Å²) in [6.45, 7) is 5.06. The Morgan fingerprint density at radius 2 is 1.89 bits per heavy atom. The molecule has 0 aliphatic rings. The Bertz CT molecular complexity index is 734. The summed E-state index contributed by atoms with van der Waals surface area (Å²) in [4.78, 5) is 12.2. The third-order valence-electron chi connectivity index (χ3n) is 4.27. The van der Waals surface area contributed by atoms with Crippen molar-refractivity contribution in [3.05, 3.63) is 53.1 Å². The first-order valence-electron chi connectivity index (χ1n) is 9.61. The predicted octanol–water partition coefficient (Wildman–Crippen LogP) is 6.05. The number of hydrogen-bond donors (Lipinski definition) is 2. The fraction of sp³-hybridized carbons (Fsp3) is 0.409. The molecule has 27 heavy (non-hydrogen) atoms. The molecule has 0 heterocycles. The van der Waals surface area contributed by atoms with Gasteiger partial charge < -0.3 is 15.4 Å².